The zero-order chi connectivity index (χ0) is 21.8. The zero-order valence-electron chi connectivity index (χ0n) is 16.4. The first-order chi connectivity index (χ1) is 15.1. The van der Waals surface area contributed by atoms with Gasteiger partial charge in [-0.15, -0.1) is 0 Å². The van der Waals surface area contributed by atoms with E-state index < -0.39 is 0 Å². The Morgan fingerprint density at radius 3 is 1.19 bits per heavy atom. The largest absolute Gasteiger partial charge is 0.192 e. The minimum absolute atomic E-state index is 0.675. The molecule has 0 aliphatic rings. The predicted molar refractivity (Wildman–Crippen MR) is 141 cm³/mol. The van der Waals surface area contributed by atoms with Gasteiger partial charge < -0.3 is 0 Å². The SMILES string of the molecule is N#Cc1ccc(-c2ccc(Cc3ccc(-c4ccc(C#N)cc4)cc3I)c(I)c2)cc1. The minimum Gasteiger partial charge on any atom is -0.192 e. The van der Waals surface area contributed by atoms with Gasteiger partial charge in [0.15, 0.2) is 0 Å². The van der Waals surface area contributed by atoms with Crippen molar-refractivity contribution in [3.63, 3.8) is 0 Å². The molecule has 4 aromatic carbocycles. The van der Waals surface area contributed by atoms with E-state index >= 15 is 0 Å². The summed E-state index contributed by atoms with van der Waals surface area (Å²) in [6.45, 7) is 0. The molecular formula is C27H16I2N2. The van der Waals surface area contributed by atoms with E-state index in [0.29, 0.717) is 11.1 Å². The molecule has 0 aliphatic heterocycles. The molecule has 0 atom stereocenters. The molecule has 0 bridgehead atoms. The first-order valence-electron chi connectivity index (χ1n) is 9.65. The summed E-state index contributed by atoms with van der Waals surface area (Å²) >= 11 is 4.81. The van der Waals surface area contributed by atoms with E-state index in [2.05, 4.69) is 93.7 Å². The third-order valence-corrected chi connectivity index (χ3v) is 7.19. The summed E-state index contributed by atoms with van der Waals surface area (Å²) in [5.41, 5.74) is 8.48. The summed E-state index contributed by atoms with van der Waals surface area (Å²) in [4.78, 5) is 0. The molecule has 4 heteroatoms. The molecule has 148 valence electrons. The quantitative estimate of drug-likeness (QED) is 0.221. The number of rotatable bonds is 4. The maximum atomic E-state index is 8.98. The molecule has 0 saturated carbocycles. The topological polar surface area (TPSA) is 47.6 Å². The Morgan fingerprint density at radius 2 is 0.871 bits per heavy atom. The average molecular weight is 622 g/mol. The smallest absolute Gasteiger partial charge is 0.0991 e. The van der Waals surface area contributed by atoms with Crippen LogP contribution in [0.2, 0.25) is 0 Å². The second-order valence-corrected chi connectivity index (χ2v) is 9.49. The van der Waals surface area contributed by atoms with E-state index in [1.54, 1.807) is 0 Å². The lowest BCUT2D eigenvalue weighted by atomic mass is 9.98. The Kier molecular flexibility index (Phi) is 6.70. The van der Waals surface area contributed by atoms with E-state index in [4.69, 9.17) is 10.5 Å². The summed E-state index contributed by atoms with van der Waals surface area (Å²) in [6, 6.07) is 32.8. The average Bonchev–Trinajstić information content (AvgIpc) is 2.81. The maximum absolute atomic E-state index is 8.98. The van der Waals surface area contributed by atoms with Gasteiger partial charge in [0.05, 0.1) is 23.3 Å². The molecule has 0 saturated heterocycles. The van der Waals surface area contributed by atoms with Crippen LogP contribution in [0.3, 0.4) is 0 Å². The zero-order valence-corrected chi connectivity index (χ0v) is 20.8. The summed E-state index contributed by atoms with van der Waals surface area (Å²) in [5, 5.41) is 18.0. The first kappa shape index (κ1) is 21.5. The van der Waals surface area contributed by atoms with Gasteiger partial charge in [0, 0.05) is 7.14 Å². The Morgan fingerprint density at radius 1 is 0.516 bits per heavy atom. The fourth-order valence-corrected chi connectivity index (χ4v) is 4.83. The molecule has 31 heavy (non-hydrogen) atoms. The van der Waals surface area contributed by atoms with Crippen LogP contribution in [0.1, 0.15) is 22.3 Å². The lowest BCUT2D eigenvalue weighted by Crippen LogP contribution is -1.96. The van der Waals surface area contributed by atoms with Crippen molar-refractivity contribution in [3.8, 4) is 34.4 Å². The van der Waals surface area contributed by atoms with E-state index in [1.807, 2.05) is 48.5 Å². The third kappa shape index (κ3) is 4.98. The molecule has 0 fully saturated rings. The van der Waals surface area contributed by atoms with E-state index in [-0.39, 0.29) is 0 Å². The van der Waals surface area contributed by atoms with Crippen molar-refractivity contribution >= 4 is 45.2 Å². The van der Waals surface area contributed by atoms with Gasteiger partial charge in [-0.1, -0.05) is 48.5 Å². The lowest BCUT2D eigenvalue weighted by Gasteiger charge is -2.11. The van der Waals surface area contributed by atoms with Crippen LogP contribution in [0, 0.1) is 29.8 Å². The molecular weight excluding hydrogens is 606 g/mol. The van der Waals surface area contributed by atoms with Gasteiger partial charge in [0.1, 0.15) is 0 Å². The minimum atomic E-state index is 0.675. The van der Waals surface area contributed by atoms with Crippen molar-refractivity contribution in [2.75, 3.05) is 0 Å². The molecule has 0 heterocycles. The lowest BCUT2D eigenvalue weighted by molar-refractivity contribution is 1.16. The summed E-state index contributed by atoms with van der Waals surface area (Å²) in [7, 11) is 0. The van der Waals surface area contributed by atoms with Gasteiger partial charge in [-0.25, -0.2) is 0 Å². The fraction of sp³-hybridized carbons (Fsp3) is 0.0370. The van der Waals surface area contributed by atoms with Crippen molar-refractivity contribution < 1.29 is 0 Å². The number of nitrogens with zero attached hydrogens (tertiary/aromatic N) is 2. The number of hydrogen-bond donors (Lipinski definition) is 0. The fourth-order valence-electron chi connectivity index (χ4n) is 3.42. The molecule has 0 amide bonds. The Balaban J connectivity index is 1.56. The molecule has 0 radical (unpaired) electrons. The van der Waals surface area contributed by atoms with Gasteiger partial charge in [-0.3, -0.25) is 0 Å². The van der Waals surface area contributed by atoms with Gasteiger partial charge in [-0.05, 0) is 121 Å². The monoisotopic (exact) mass is 622 g/mol. The Bertz CT molecular complexity index is 1220. The van der Waals surface area contributed by atoms with Gasteiger partial charge in [0.2, 0.25) is 0 Å². The second-order valence-electron chi connectivity index (χ2n) is 7.17. The van der Waals surface area contributed by atoms with Crippen molar-refractivity contribution in [3.05, 3.63) is 114 Å². The molecule has 0 aliphatic carbocycles. The third-order valence-electron chi connectivity index (χ3n) is 5.18. The first-order valence-corrected chi connectivity index (χ1v) is 11.8. The highest BCUT2D eigenvalue weighted by Gasteiger charge is 2.09. The van der Waals surface area contributed by atoms with Crippen LogP contribution in [0.15, 0.2) is 84.9 Å². The number of halogens is 2. The normalized spacial score (nSPS) is 10.3. The van der Waals surface area contributed by atoms with Crippen molar-refractivity contribution in [2.24, 2.45) is 0 Å². The summed E-state index contributed by atoms with van der Waals surface area (Å²) in [5.74, 6) is 0. The molecule has 4 aromatic rings. The Labute approximate surface area is 209 Å². The molecule has 4 rings (SSSR count). The van der Waals surface area contributed by atoms with Crippen LogP contribution in [-0.2, 0) is 6.42 Å². The van der Waals surface area contributed by atoms with Crippen LogP contribution in [0.4, 0.5) is 0 Å². The van der Waals surface area contributed by atoms with E-state index in [9.17, 15) is 0 Å². The molecule has 0 unspecified atom stereocenters. The summed E-state index contributed by atoms with van der Waals surface area (Å²) < 4.78 is 2.46. The van der Waals surface area contributed by atoms with Crippen LogP contribution >= 0.6 is 45.2 Å². The van der Waals surface area contributed by atoms with Crippen molar-refractivity contribution in [1.29, 1.82) is 10.5 Å². The number of benzene rings is 4. The van der Waals surface area contributed by atoms with Crippen LogP contribution < -0.4 is 0 Å². The maximum Gasteiger partial charge on any atom is 0.0991 e. The van der Waals surface area contributed by atoms with E-state index in [0.717, 1.165) is 28.7 Å². The second kappa shape index (κ2) is 9.64. The number of nitriles is 2. The molecule has 0 spiro atoms. The highest BCUT2D eigenvalue weighted by Crippen LogP contribution is 2.29. The highest BCUT2D eigenvalue weighted by atomic mass is 127. The van der Waals surface area contributed by atoms with Crippen LogP contribution in [0.25, 0.3) is 22.3 Å². The Hall–Kier alpha value is -2.68. The standard InChI is InChI=1S/C27H16I2N2/c28-26-14-22(20-5-1-18(16-30)2-6-20)9-11-24(26)13-25-12-10-23(15-27(25)29)21-7-3-19(17-31)4-8-21/h1-12,14-15H,13H2. The van der Waals surface area contributed by atoms with E-state index in [1.165, 1.54) is 18.3 Å². The van der Waals surface area contributed by atoms with Crippen molar-refractivity contribution in [1.82, 2.24) is 0 Å². The van der Waals surface area contributed by atoms with Gasteiger partial charge in [0.25, 0.3) is 0 Å². The number of hydrogen-bond acceptors (Lipinski definition) is 2. The van der Waals surface area contributed by atoms with Gasteiger partial charge in [-0.2, -0.15) is 10.5 Å². The molecule has 0 aromatic heterocycles. The predicted octanol–water partition coefficient (Wildman–Crippen LogP) is 7.56. The van der Waals surface area contributed by atoms with Crippen molar-refractivity contribution in [2.45, 2.75) is 6.42 Å². The molecule has 0 N–H and O–H groups in total. The van der Waals surface area contributed by atoms with Crippen LogP contribution in [0.5, 0.6) is 0 Å². The molecule has 2 nitrogen and oxygen atoms in total. The van der Waals surface area contributed by atoms with Gasteiger partial charge >= 0.3 is 0 Å². The highest BCUT2D eigenvalue weighted by molar-refractivity contribution is 14.1. The summed E-state index contributed by atoms with van der Waals surface area (Å²) in [6.07, 6.45) is 0.873. The van der Waals surface area contributed by atoms with Crippen LogP contribution in [-0.4, -0.2) is 0 Å².